The molecule has 1 aliphatic heterocycles. The molecule has 98 valence electrons. The molecule has 1 nitrogen and oxygen atoms in total. The van der Waals surface area contributed by atoms with E-state index in [1.165, 1.54) is 27.8 Å². The van der Waals surface area contributed by atoms with E-state index >= 15 is 0 Å². The van der Waals surface area contributed by atoms with Crippen LogP contribution in [0.1, 0.15) is 22.3 Å². The number of hydrogen-bond donors (Lipinski definition) is 1. The van der Waals surface area contributed by atoms with Gasteiger partial charge in [0, 0.05) is 17.8 Å². The Balaban J connectivity index is 2.68. The van der Waals surface area contributed by atoms with Crippen LogP contribution in [0.5, 0.6) is 0 Å². The molecule has 0 atom stereocenters. The summed E-state index contributed by atoms with van der Waals surface area (Å²) in [6.45, 7) is 13.0. The average Bonchev–Trinajstić information content (AvgIpc) is 2.56. The maximum Gasteiger partial charge on any atom is 0.0419 e. The van der Waals surface area contributed by atoms with Crippen LogP contribution >= 0.6 is 0 Å². The van der Waals surface area contributed by atoms with E-state index in [4.69, 9.17) is 0 Å². The summed E-state index contributed by atoms with van der Waals surface area (Å²) in [7, 11) is 0. The van der Waals surface area contributed by atoms with Gasteiger partial charge in [-0.15, -0.1) is 0 Å². The second kappa shape index (κ2) is 5.75. The van der Waals surface area contributed by atoms with Gasteiger partial charge >= 0.3 is 0 Å². The first-order valence-electron chi connectivity index (χ1n) is 6.68. The SMILES string of the molecule is C=CC=C1/C(=C\C=C)NCCc2c1ccc(C)c2C. The van der Waals surface area contributed by atoms with E-state index in [0.29, 0.717) is 0 Å². The number of aryl methyl sites for hydroxylation is 1. The first-order valence-corrected chi connectivity index (χ1v) is 6.68. The van der Waals surface area contributed by atoms with Crippen molar-refractivity contribution < 1.29 is 0 Å². The van der Waals surface area contributed by atoms with Gasteiger partial charge in [0.1, 0.15) is 0 Å². The van der Waals surface area contributed by atoms with Crippen molar-refractivity contribution in [3.8, 4) is 0 Å². The molecule has 19 heavy (non-hydrogen) atoms. The highest BCUT2D eigenvalue weighted by molar-refractivity contribution is 5.83. The third-order valence-electron chi connectivity index (χ3n) is 3.71. The smallest absolute Gasteiger partial charge is 0.0419 e. The lowest BCUT2D eigenvalue weighted by Crippen LogP contribution is -2.14. The summed E-state index contributed by atoms with van der Waals surface area (Å²) in [5.41, 5.74) is 7.82. The lowest BCUT2D eigenvalue weighted by Gasteiger charge is -2.14. The maximum absolute atomic E-state index is 3.84. The molecule has 1 heterocycles. The lowest BCUT2D eigenvalue weighted by atomic mass is 9.91. The predicted molar refractivity (Wildman–Crippen MR) is 84.1 cm³/mol. The third kappa shape index (κ3) is 2.55. The Labute approximate surface area is 116 Å². The monoisotopic (exact) mass is 251 g/mol. The van der Waals surface area contributed by atoms with E-state index in [1.807, 2.05) is 18.2 Å². The second-order valence-corrected chi connectivity index (χ2v) is 4.84. The fourth-order valence-corrected chi connectivity index (χ4v) is 2.57. The van der Waals surface area contributed by atoms with Crippen molar-refractivity contribution in [3.05, 3.63) is 77.5 Å². The van der Waals surface area contributed by atoms with Gasteiger partial charge < -0.3 is 5.32 Å². The van der Waals surface area contributed by atoms with Gasteiger partial charge in [0.05, 0.1) is 0 Å². The van der Waals surface area contributed by atoms with Crippen LogP contribution in [0, 0.1) is 13.8 Å². The Morgan fingerprint density at radius 2 is 1.84 bits per heavy atom. The molecule has 1 aliphatic rings. The molecule has 0 aliphatic carbocycles. The van der Waals surface area contributed by atoms with Crippen molar-refractivity contribution in [2.24, 2.45) is 0 Å². The molecule has 1 N–H and O–H groups in total. The van der Waals surface area contributed by atoms with Gasteiger partial charge in [-0.25, -0.2) is 0 Å². The van der Waals surface area contributed by atoms with Gasteiger partial charge in [0.15, 0.2) is 0 Å². The van der Waals surface area contributed by atoms with Crippen LogP contribution in [-0.4, -0.2) is 6.54 Å². The van der Waals surface area contributed by atoms with Gasteiger partial charge in [0.2, 0.25) is 0 Å². The van der Waals surface area contributed by atoms with Crippen molar-refractivity contribution >= 4 is 5.57 Å². The highest BCUT2D eigenvalue weighted by Gasteiger charge is 2.17. The zero-order chi connectivity index (χ0) is 13.8. The van der Waals surface area contributed by atoms with Gasteiger partial charge in [-0.1, -0.05) is 43.5 Å². The number of benzene rings is 1. The van der Waals surface area contributed by atoms with Crippen molar-refractivity contribution in [2.75, 3.05) is 6.54 Å². The quantitative estimate of drug-likeness (QED) is 0.835. The highest BCUT2D eigenvalue weighted by atomic mass is 14.9. The summed E-state index contributed by atoms with van der Waals surface area (Å²) in [6.07, 6.45) is 8.82. The molecule has 0 bridgehead atoms. The Kier molecular flexibility index (Phi) is 4.06. The fourth-order valence-electron chi connectivity index (χ4n) is 2.57. The molecule has 0 saturated heterocycles. The van der Waals surface area contributed by atoms with Crippen molar-refractivity contribution in [1.82, 2.24) is 5.32 Å². The molecule has 1 aromatic rings. The summed E-state index contributed by atoms with van der Waals surface area (Å²) >= 11 is 0. The Hall–Kier alpha value is -2.02. The molecule has 1 aromatic carbocycles. The van der Waals surface area contributed by atoms with Gasteiger partial charge in [-0.3, -0.25) is 0 Å². The summed E-state index contributed by atoms with van der Waals surface area (Å²) < 4.78 is 0. The summed E-state index contributed by atoms with van der Waals surface area (Å²) in [4.78, 5) is 0. The summed E-state index contributed by atoms with van der Waals surface area (Å²) in [5, 5.41) is 3.48. The Morgan fingerprint density at radius 1 is 1.11 bits per heavy atom. The normalized spacial score (nSPS) is 18.6. The van der Waals surface area contributed by atoms with Crippen LogP contribution in [0.25, 0.3) is 5.57 Å². The van der Waals surface area contributed by atoms with Crippen LogP contribution in [0.3, 0.4) is 0 Å². The van der Waals surface area contributed by atoms with Crippen LogP contribution in [0.15, 0.2) is 55.3 Å². The zero-order valence-electron chi connectivity index (χ0n) is 11.8. The van der Waals surface area contributed by atoms with Crippen LogP contribution < -0.4 is 5.32 Å². The van der Waals surface area contributed by atoms with E-state index in [9.17, 15) is 0 Å². The molecule has 0 fully saturated rings. The first-order chi connectivity index (χ1) is 9.19. The van der Waals surface area contributed by atoms with Crippen molar-refractivity contribution in [1.29, 1.82) is 0 Å². The molecular formula is C18H21N. The van der Waals surface area contributed by atoms with Crippen LogP contribution in [0.2, 0.25) is 0 Å². The average molecular weight is 251 g/mol. The highest BCUT2D eigenvalue weighted by Crippen LogP contribution is 2.31. The second-order valence-electron chi connectivity index (χ2n) is 4.84. The standard InChI is InChI=1S/C18H21N/c1-5-7-17-16-10-9-13(3)14(4)15(16)11-12-19-18(17)8-6-2/h5-10,19H,1-2,11-12H2,3-4H3/b17-7?,18-8+. The topological polar surface area (TPSA) is 12.0 Å². The van der Waals surface area contributed by atoms with Crippen LogP contribution in [0.4, 0.5) is 0 Å². The van der Waals surface area contributed by atoms with Crippen molar-refractivity contribution in [2.45, 2.75) is 20.3 Å². The minimum atomic E-state index is 0.950. The van der Waals surface area contributed by atoms with Gasteiger partial charge in [-0.05, 0) is 48.6 Å². The molecule has 1 heteroatoms. The number of rotatable bonds is 2. The molecule has 0 spiro atoms. The largest absolute Gasteiger partial charge is 0.384 e. The molecule has 0 saturated carbocycles. The molecule has 0 amide bonds. The molecule has 2 rings (SSSR count). The van der Waals surface area contributed by atoms with E-state index in [-0.39, 0.29) is 0 Å². The Morgan fingerprint density at radius 3 is 2.53 bits per heavy atom. The predicted octanol–water partition coefficient (Wildman–Crippen LogP) is 4.09. The van der Waals surface area contributed by atoms with Gasteiger partial charge in [0.25, 0.3) is 0 Å². The number of nitrogens with one attached hydrogen (secondary N) is 1. The number of hydrogen-bond acceptors (Lipinski definition) is 1. The zero-order valence-corrected chi connectivity index (χ0v) is 11.8. The number of fused-ring (bicyclic) bond motifs is 1. The van der Waals surface area contributed by atoms with E-state index < -0.39 is 0 Å². The first kappa shape index (κ1) is 13.4. The summed E-state index contributed by atoms with van der Waals surface area (Å²) in [5.74, 6) is 0. The molecule has 0 unspecified atom stereocenters. The lowest BCUT2D eigenvalue weighted by molar-refractivity contribution is 0.818. The molecule has 0 radical (unpaired) electrons. The van der Waals surface area contributed by atoms with E-state index in [0.717, 1.165) is 18.7 Å². The van der Waals surface area contributed by atoms with Gasteiger partial charge in [-0.2, -0.15) is 0 Å². The fraction of sp³-hybridized carbons (Fsp3) is 0.222. The Bertz CT molecular complexity index is 574. The maximum atomic E-state index is 3.84. The summed E-state index contributed by atoms with van der Waals surface area (Å²) in [6, 6.07) is 4.42. The molecule has 0 aromatic heterocycles. The third-order valence-corrected chi connectivity index (χ3v) is 3.71. The van der Waals surface area contributed by atoms with Crippen molar-refractivity contribution in [3.63, 3.8) is 0 Å². The minimum absolute atomic E-state index is 0.950. The number of allylic oxidation sites excluding steroid dienone is 5. The van der Waals surface area contributed by atoms with Crippen LogP contribution in [-0.2, 0) is 6.42 Å². The van der Waals surface area contributed by atoms with E-state index in [1.54, 1.807) is 0 Å². The molecular weight excluding hydrogens is 230 g/mol. The van der Waals surface area contributed by atoms with E-state index in [2.05, 4.69) is 50.5 Å². The minimum Gasteiger partial charge on any atom is -0.384 e.